The van der Waals surface area contributed by atoms with Crippen LogP contribution in [-0.4, -0.2) is 28.3 Å². The summed E-state index contributed by atoms with van der Waals surface area (Å²) in [5.74, 6) is 1.52. The number of thiazole rings is 1. The molecule has 0 bridgehead atoms. The number of rotatable bonds is 2. The number of aromatic nitrogens is 3. The Labute approximate surface area is 96.5 Å². The van der Waals surface area contributed by atoms with Crippen LogP contribution < -0.4 is 0 Å². The van der Waals surface area contributed by atoms with E-state index in [0.717, 1.165) is 29.6 Å². The summed E-state index contributed by atoms with van der Waals surface area (Å²) < 4.78 is 10.5. The molecule has 0 radical (unpaired) electrons. The Morgan fingerprint density at radius 2 is 2.38 bits per heavy atom. The maximum atomic E-state index is 5.30. The fraction of sp³-hybridized carbons (Fsp3) is 0.500. The molecule has 0 spiro atoms. The zero-order chi connectivity index (χ0) is 11.0. The molecule has 1 saturated heterocycles. The molecule has 0 amide bonds. The summed E-state index contributed by atoms with van der Waals surface area (Å²) in [7, 11) is 0. The number of ether oxygens (including phenoxy) is 1. The molecule has 0 saturated carbocycles. The van der Waals surface area contributed by atoms with E-state index >= 15 is 0 Å². The van der Waals surface area contributed by atoms with Gasteiger partial charge in [-0.25, -0.2) is 4.98 Å². The average Bonchev–Trinajstić information content (AvgIpc) is 2.97. The van der Waals surface area contributed by atoms with E-state index in [0.29, 0.717) is 12.5 Å². The third-order valence-electron chi connectivity index (χ3n) is 2.57. The van der Waals surface area contributed by atoms with Crippen LogP contribution in [0.5, 0.6) is 0 Å². The minimum Gasteiger partial charge on any atom is -0.381 e. The molecule has 0 aliphatic carbocycles. The van der Waals surface area contributed by atoms with E-state index in [-0.39, 0.29) is 5.92 Å². The highest BCUT2D eigenvalue weighted by Crippen LogP contribution is 2.26. The van der Waals surface area contributed by atoms with Crippen molar-refractivity contribution in [1.29, 1.82) is 0 Å². The summed E-state index contributed by atoms with van der Waals surface area (Å²) in [5.41, 5.74) is 0.764. The first-order chi connectivity index (χ1) is 7.83. The third-order valence-corrected chi connectivity index (χ3v) is 3.35. The van der Waals surface area contributed by atoms with E-state index in [9.17, 15) is 0 Å². The van der Waals surface area contributed by atoms with Gasteiger partial charge in [-0.3, -0.25) is 0 Å². The lowest BCUT2D eigenvalue weighted by atomic mass is 10.1. The predicted octanol–water partition coefficient (Wildman–Crippen LogP) is 2.01. The normalized spacial score (nSPS) is 20.4. The topological polar surface area (TPSA) is 61.0 Å². The van der Waals surface area contributed by atoms with Gasteiger partial charge in [0, 0.05) is 17.9 Å². The lowest BCUT2D eigenvalue weighted by molar-refractivity contribution is 0.192. The molecule has 0 unspecified atom stereocenters. The molecular formula is C10H11N3O2S. The minimum atomic E-state index is 0.275. The van der Waals surface area contributed by atoms with Crippen LogP contribution in [-0.2, 0) is 4.74 Å². The highest BCUT2D eigenvalue weighted by Gasteiger charge is 2.23. The van der Waals surface area contributed by atoms with Crippen molar-refractivity contribution in [1.82, 2.24) is 15.1 Å². The van der Waals surface area contributed by atoms with Crippen molar-refractivity contribution < 1.29 is 9.26 Å². The van der Waals surface area contributed by atoms with E-state index < -0.39 is 0 Å². The van der Waals surface area contributed by atoms with Crippen molar-refractivity contribution >= 4 is 11.3 Å². The van der Waals surface area contributed by atoms with Gasteiger partial charge in [-0.2, -0.15) is 4.98 Å². The van der Waals surface area contributed by atoms with E-state index in [4.69, 9.17) is 9.26 Å². The molecule has 1 aliphatic rings. The lowest BCUT2D eigenvalue weighted by Gasteiger charge is -1.97. The average molecular weight is 237 g/mol. The molecule has 5 nitrogen and oxygen atoms in total. The standard InChI is InChI=1S/C10H11N3O2S/c1-6-11-8(5-16-6)10-12-9(13-15-10)7-2-3-14-4-7/h5,7H,2-4H2,1H3/t7-/m0/s1. The molecule has 0 aromatic carbocycles. The van der Waals surface area contributed by atoms with Gasteiger partial charge in [0.2, 0.25) is 0 Å². The SMILES string of the molecule is Cc1nc(-c2nc([C@H]3CCOC3)no2)cs1. The zero-order valence-corrected chi connectivity index (χ0v) is 9.66. The van der Waals surface area contributed by atoms with E-state index in [1.807, 2.05) is 12.3 Å². The van der Waals surface area contributed by atoms with E-state index in [1.165, 1.54) is 0 Å². The predicted molar refractivity (Wildman–Crippen MR) is 58.3 cm³/mol. The van der Waals surface area contributed by atoms with Gasteiger partial charge in [0.05, 0.1) is 11.6 Å². The fourth-order valence-corrected chi connectivity index (χ4v) is 2.29. The summed E-state index contributed by atoms with van der Waals surface area (Å²) >= 11 is 1.58. The van der Waals surface area contributed by atoms with Gasteiger partial charge in [0.25, 0.3) is 5.89 Å². The molecule has 3 heterocycles. The van der Waals surface area contributed by atoms with Crippen LogP contribution in [0, 0.1) is 6.92 Å². The van der Waals surface area contributed by atoms with Crippen LogP contribution in [0.3, 0.4) is 0 Å². The molecule has 16 heavy (non-hydrogen) atoms. The quantitative estimate of drug-likeness (QED) is 0.799. The molecule has 1 atom stereocenters. The molecule has 0 N–H and O–H groups in total. The Kier molecular flexibility index (Phi) is 2.45. The van der Waals surface area contributed by atoms with E-state index in [1.54, 1.807) is 11.3 Å². The first-order valence-electron chi connectivity index (χ1n) is 5.17. The Morgan fingerprint density at radius 1 is 1.44 bits per heavy atom. The zero-order valence-electron chi connectivity index (χ0n) is 8.84. The van der Waals surface area contributed by atoms with Crippen LogP contribution in [0.4, 0.5) is 0 Å². The Balaban J connectivity index is 1.87. The first-order valence-corrected chi connectivity index (χ1v) is 6.05. The second-order valence-electron chi connectivity index (χ2n) is 3.77. The van der Waals surface area contributed by atoms with Gasteiger partial charge in [-0.15, -0.1) is 11.3 Å². The van der Waals surface area contributed by atoms with Gasteiger partial charge in [0.1, 0.15) is 5.69 Å². The van der Waals surface area contributed by atoms with Gasteiger partial charge in [-0.05, 0) is 13.3 Å². The summed E-state index contributed by atoms with van der Waals surface area (Å²) in [6.45, 7) is 3.43. The largest absolute Gasteiger partial charge is 0.381 e. The monoisotopic (exact) mass is 237 g/mol. The molecular weight excluding hydrogens is 226 g/mol. The van der Waals surface area contributed by atoms with Crippen LogP contribution in [0.2, 0.25) is 0 Å². The summed E-state index contributed by atoms with van der Waals surface area (Å²) in [4.78, 5) is 8.67. The Morgan fingerprint density at radius 3 is 3.06 bits per heavy atom. The van der Waals surface area contributed by atoms with Crippen molar-refractivity contribution in [2.24, 2.45) is 0 Å². The number of hydrogen-bond donors (Lipinski definition) is 0. The van der Waals surface area contributed by atoms with Gasteiger partial charge < -0.3 is 9.26 Å². The summed E-state index contributed by atoms with van der Waals surface area (Å²) in [6.07, 6.45) is 0.967. The van der Waals surface area contributed by atoms with Gasteiger partial charge >= 0.3 is 0 Å². The summed E-state index contributed by atoms with van der Waals surface area (Å²) in [6, 6.07) is 0. The number of hydrogen-bond acceptors (Lipinski definition) is 6. The highest BCUT2D eigenvalue weighted by atomic mass is 32.1. The summed E-state index contributed by atoms with van der Waals surface area (Å²) in [5, 5.41) is 6.91. The Bertz CT molecular complexity index is 488. The van der Waals surface area contributed by atoms with E-state index in [2.05, 4.69) is 15.1 Å². The lowest BCUT2D eigenvalue weighted by Crippen LogP contribution is -1.99. The van der Waals surface area contributed by atoms with Crippen molar-refractivity contribution in [3.05, 3.63) is 16.2 Å². The molecule has 6 heteroatoms. The van der Waals surface area contributed by atoms with Crippen LogP contribution in [0.15, 0.2) is 9.90 Å². The highest BCUT2D eigenvalue weighted by molar-refractivity contribution is 7.09. The molecule has 84 valence electrons. The van der Waals surface area contributed by atoms with Crippen LogP contribution in [0.25, 0.3) is 11.6 Å². The van der Waals surface area contributed by atoms with Crippen molar-refractivity contribution in [2.45, 2.75) is 19.3 Å². The van der Waals surface area contributed by atoms with Crippen molar-refractivity contribution in [2.75, 3.05) is 13.2 Å². The van der Waals surface area contributed by atoms with Gasteiger partial charge in [0.15, 0.2) is 5.82 Å². The van der Waals surface area contributed by atoms with Crippen molar-refractivity contribution in [3.63, 3.8) is 0 Å². The molecule has 1 aliphatic heterocycles. The van der Waals surface area contributed by atoms with Gasteiger partial charge in [-0.1, -0.05) is 5.16 Å². The maximum Gasteiger partial charge on any atom is 0.277 e. The molecule has 2 aromatic heterocycles. The van der Waals surface area contributed by atoms with Crippen LogP contribution >= 0.6 is 11.3 Å². The number of aryl methyl sites for hydroxylation is 1. The van der Waals surface area contributed by atoms with Crippen molar-refractivity contribution in [3.8, 4) is 11.6 Å². The second-order valence-corrected chi connectivity index (χ2v) is 4.83. The third kappa shape index (κ3) is 1.74. The molecule has 2 aromatic rings. The van der Waals surface area contributed by atoms with Crippen LogP contribution in [0.1, 0.15) is 23.2 Å². The number of nitrogens with zero attached hydrogens (tertiary/aromatic N) is 3. The molecule has 1 fully saturated rings. The fourth-order valence-electron chi connectivity index (χ4n) is 1.70. The smallest absolute Gasteiger partial charge is 0.277 e. The maximum absolute atomic E-state index is 5.30. The first kappa shape index (κ1) is 9.92. The second kappa shape index (κ2) is 3.95. The minimum absolute atomic E-state index is 0.275. The molecule has 3 rings (SSSR count). The Hall–Kier alpha value is -1.27.